The van der Waals surface area contributed by atoms with Gasteiger partial charge in [0.15, 0.2) is 5.71 Å². The van der Waals surface area contributed by atoms with E-state index in [4.69, 9.17) is 9.47 Å². The van der Waals surface area contributed by atoms with E-state index in [2.05, 4.69) is 49.7 Å². The first-order valence-electron chi connectivity index (χ1n) is 8.24. The van der Waals surface area contributed by atoms with Crippen molar-refractivity contribution in [2.75, 3.05) is 21.3 Å². The van der Waals surface area contributed by atoms with Crippen molar-refractivity contribution in [1.82, 2.24) is 0 Å². The third-order valence-corrected chi connectivity index (χ3v) is 4.90. The average Bonchev–Trinajstić information content (AvgIpc) is 2.80. The Kier molecular flexibility index (Phi) is 4.29. The molecule has 1 aliphatic rings. The third kappa shape index (κ3) is 2.78. The molecule has 2 aromatic rings. The number of allylic oxidation sites excluding steroid dienone is 1. The molecule has 0 fully saturated rings. The first-order valence-corrected chi connectivity index (χ1v) is 8.24. The van der Waals surface area contributed by atoms with Crippen LogP contribution in [0.15, 0.2) is 42.5 Å². The summed E-state index contributed by atoms with van der Waals surface area (Å²) in [7, 11) is 5.21. The molecule has 0 saturated carbocycles. The van der Waals surface area contributed by atoms with Crippen LogP contribution in [0.4, 0.5) is 5.69 Å². The molecule has 130 valence electrons. The summed E-state index contributed by atoms with van der Waals surface area (Å²) in [5.41, 5.74) is 4.18. The Morgan fingerprint density at radius 1 is 1.04 bits per heavy atom. The molecule has 1 aliphatic heterocycles. The van der Waals surface area contributed by atoms with Crippen molar-refractivity contribution in [2.45, 2.75) is 19.3 Å². The minimum Gasteiger partial charge on any atom is -0.507 e. The average molecular weight is 338 g/mol. The standard InChI is InChI=1S/C21H23NO3/c1-21(2)16-8-6-7-9-17(16)22(3)20(21)11-10-15-18(23)12-14(24-4)13-19(15)25-5/h6-13H,1-5H3/p+1. The van der Waals surface area contributed by atoms with E-state index in [1.165, 1.54) is 11.3 Å². The topological polar surface area (TPSA) is 41.7 Å². The fourth-order valence-electron chi connectivity index (χ4n) is 3.51. The van der Waals surface area contributed by atoms with Gasteiger partial charge < -0.3 is 14.6 Å². The minimum atomic E-state index is -0.114. The number of phenolic OH excluding ortho intramolecular Hbond substituents is 1. The highest BCUT2D eigenvalue weighted by atomic mass is 16.5. The van der Waals surface area contributed by atoms with Gasteiger partial charge in [-0.2, -0.15) is 4.58 Å². The summed E-state index contributed by atoms with van der Waals surface area (Å²) in [6.07, 6.45) is 3.94. The SMILES string of the molecule is COc1cc(O)c(/C=C/C2=[N+](C)c3ccccc3C2(C)C)c(OC)c1. The van der Waals surface area contributed by atoms with E-state index < -0.39 is 0 Å². The van der Waals surface area contributed by atoms with Gasteiger partial charge in [-0.3, -0.25) is 0 Å². The van der Waals surface area contributed by atoms with Gasteiger partial charge in [-0.05, 0) is 19.9 Å². The normalized spacial score (nSPS) is 15.6. The largest absolute Gasteiger partial charge is 0.507 e. The smallest absolute Gasteiger partial charge is 0.209 e. The maximum Gasteiger partial charge on any atom is 0.209 e. The first-order chi connectivity index (χ1) is 11.9. The van der Waals surface area contributed by atoms with Gasteiger partial charge in [0.05, 0.1) is 25.2 Å². The van der Waals surface area contributed by atoms with Gasteiger partial charge in [0.1, 0.15) is 24.3 Å². The number of nitrogens with zero attached hydrogens (tertiary/aromatic N) is 1. The van der Waals surface area contributed by atoms with Crippen molar-refractivity contribution in [3.8, 4) is 17.2 Å². The van der Waals surface area contributed by atoms with E-state index in [1.54, 1.807) is 26.4 Å². The molecule has 0 radical (unpaired) electrons. The Morgan fingerprint density at radius 2 is 1.76 bits per heavy atom. The van der Waals surface area contributed by atoms with Crippen LogP contribution in [0.3, 0.4) is 0 Å². The molecular formula is C21H24NO3+. The van der Waals surface area contributed by atoms with Crippen LogP contribution >= 0.6 is 0 Å². The molecule has 0 aliphatic carbocycles. The zero-order valence-corrected chi connectivity index (χ0v) is 15.3. The number of ether oxygens (including phenoxy) is 2. The van der Waals surface area contributed by atoms with Crippen molar-refractivity contribution in [3.05, 3.63) is 53.6 Å². The van der Waals surface area contributed by atoms with E-state index >= 15 is 0 Å². The highest BCUT2D eigenvalue weighted by Gasteiger charge is 2.42. The Balaban J connectivity index is 2.05. The van der Waals surface area contributed by atoms with E-state index in [0.717, 1.165) is 5.71 Å². The summed E-state index contributed by atoms with van der Waals surface area (Å²) in [6, 6.07) is 11.8. The van der Waals surface area contributed by atoms with Gasteiger partial charge in [-0.15, -0.1) is 0 Å². The van der Waals surface area contributed by atoms with Crippen LogP contribution in [0, 0.1) is 0 Å². The number of hydrogen-bond acceptors (Lipinski definition) is 3. The predicted molar refractivity (Wildman–Crippen MR) is 101 cm³/mol. The fourth-order valence-corrected chi connectivity index (χ4v) is 3.51. The van der Waals surface area contributed by atoms with Gasteiger partial charge in [0.2, 0.25) is 5.69 Å². The number of methoxy groups -OCH3 is 2. The molecule has 0 bridgehead atoms. The van der Waals surface area contributed by atoms with Crippen molar-refractivity contribution in [1.29, 1.82) is 0 Å². The summed E-state index contributed by atoms with van der Waals surface area (Å²) in [5.74, 6) is 1.26. The molecule has 2 aromatic carbocycles. The van der Waals surface area contributed by atoms with Gasteiger partial charge in [0.25, 0.3) is 0 Å². The zero-order valence-electron chi connectivity index (χ0n) is 15.3. The quantitative estimate of drug-likeness (QED) is 0.852. The Labute approximate surface area is 148 Å². The molecule has 0 saturated heterocycles. The summed E-state index contributed by atoms with van der Waals surface area (Å²) in [6.45, 7) is 4.42. The highest BCUT2D eigenvalue weighted by Crippen LogP contribution is 2.40. The lowest BCUT2D eigenvalue weighted by molar-refractivity contribution is -0.401. The van der Waals surface area contributed by atoms with Crippen LogP contribution < -0.4 is 9.47 Å². The van der Waals surface area contributed by atoms with E-state index in [9.17, 15) is 5.11 Å². The monoisotopic (exact) mass is 338 g/mol. The van der Waals surface area contributed by atoms with Crippen LogP contribution in [0.5, 0.6) is 17.2 Å². The molecule has 4 heteroatoms. The Morgan fingerprint density at radius 3 is 2.40 bits per heavy atom. The number of phenols is 1. The van der Waals surface area contributed by atoms with Crippen LogP contribution in [0.2, 0.25) is 0 Å². The molecule has 3 rings (SSSR count). The maximum atomic E-state index is 10.3. The minimum absolute atomic E-state index is 0.114. The summed E-state index contributed by atoms with van der Waals surface area (Å²) in [5, 5.41) is 10.3. The molecule has 0 atom stereocenters. The van der Waals surface area contributed by atoms with Gasteiger partial charge in [-0.1, -0.05) is 18.2 Å². The van der Waals surface area contributed by atoms with Gasteiger partial charge in [0, 0.05) is 29.8 Å². The number of para-hydroxylation sites is 1. The van der Waals surface area contributed by atoms with E-state index in [0.29, 0.717) is 17.1 Å². The van der Waals surface area contributed by atoms with Crippen molar-refractivity contribution in [3.63, 3.8) is 0 Å². The molecule has 0 spiro atoms. The third-order valence-electron chi connectivity index (χ3n) is 4.90. The van der Waals surface area contributed by atoms with Crippen LogP contribution in [-0.4, -0.2) is 36.7 Å². The highest BCUT2D eigenvalue weighted by molar-refractivity contribution is 6.05. The number of fused-ring (bicyclic) bond motifs is 1. The molecule has 1 heterocycles. The van der Waals surface area contributed by atoms with Crippen molar-refractivity contribution < 1.29 is 19.2 Å². The van der Waals surface area contributed by atoms with Crippen LogP contribution in [-0.2, 0) is 5.41 Å². The van der Waals surface area contributed by atoms with Crippen molar-refractivity contribution >= 4 is 17.5 Å². The predicted octanol–water partition coefficient (Wildman–Crippen LogP) is 4.13. The first kappa shape index (κ1) is 17.1. The second kappa shape index (κ2) is 6.28. The number of aromatic hydroxyl groups is 1. The van der Waals surface area contributed by atoms with Gasteiger partial charge >= 0.3 is 0 Å². The lowest BCUT2D eigenvalue weighted by atomic mass is 9.81. The zero-order chi connectivity index (χ0) is 18.2. The second-order valence-electron chi connectivity index (χ2n) is 6.68. The molecular weight excluding hydrogens is 314 g/mol. The molecule has 4 nitrogen and oxygen atoms in total. The fraction of sp³-hybridized carbons (Fsp3) is 0.286. The number of rotatable bonds is 4. The summed E-state index contributed by atoms with van der Waals surface area (Å²) >= 11 is 0. The van der Waals surface area contributed by atoms with Gasteiger partial charge in [-0.25, -0.2) is 0 Å². The maximum absolute atomic E-state index is 10.3. The number of benzene rings is 2. The Bertz CT molecular complexity index is 879. The van der Waals surface area contributed by atoms with E-state index in [1.807, 2.05) is 12.2 Å². The molecule has 0 unspecified atom stereocenters. The summed E-state index contributed by atoms with van der Waals surface area (Å²) < 4.78 is 12.8. The van der Waals surface area contributed by atoms with E-state index in [-0.39, 0.29) is 11.2 Å². The summed E-state index contributed by atoms with van der Waals surface area (Å²) in [4.78, 5) is 0. The Hall–Kier alpha value is -2.75. The second-order valence-corrected chi connectivity index (χ2v) is 6.68. The van der Waals surface area contributed by atoms with Crippen LogP contribution in [0.1, 0.15) is 25.0 Å². The lowest BCUT2D eigenvalue weighted by Crippen LogP contribution is -2.26. The number of hydrogen-bond donors (Lipinski definition) is 1. The van der Waals surface area contributed by atoms with Crippen molar-refractivity contribution in [2.24, 2.45) is 0 Å². The molecule has 0 aromatic heterocycles. The molecule has 0 amide bonds. The van der Waals surface area contributed by atoms with Crippen LogP contribution in [0.25, 0.3) is 6.08 Å². The molecule has 1 N–H and O–H groups in total. The lowest BCUT2D eigenvalue weighted by Gasteiger charge is -2.15. The molecule has 25 heavy (non-hydrogen) atoms.